The highest BCUT2D eigenvalue weighted by atomic mass is 16.5. The fourth-order valence-electron chi connectivity index (χ4n) is 0.509. The van der Waals surface area contributed by atoms with Gasteiger partial charge in [0.15, 0.2) is 0 Å². The van der Waals surface area contributed by atoms with Crippen molar-refractivity contribution in [1.29, 1.82) is 0 Å². The van der Waals surface area contributed by atoms with Gasteiger partial charge in [0, 0.05) is 13.1 Å². The topological polar surface area (TPSA) is 64.1 Å². The minimum atomic E-state index is 0.616. The van der Waals surface area contributed by atoms with Gasteiger partial charge >= 0.3 is 0 Å². The lowest BCUT2D eigenvalue weighted by Crippen LogP contribution is -2.12. The van der Waals surface area contributed by atoms with E-state index in [9.17, 15) is 0 Å². The minimum absolute atomic E-state index is 0.616. The number of rotatable bonds is 3. The highest BCUT2D eigenvalue weighted by molar-refractivity contribution is 5.35. The number of aromatic nitrogens is 1. The lowest BCUT2D eigenvalue weighted by molar-refractivity contribution is 0.420. The number of nitrogens with one attached hydrogen (secondary N) is 1. The van der Waals surface area contributed by atoms with Crippen LogP contribution in [-0.2, 0) is 0 Å². The van der Waals surface area contributed by atoms with E-state index in [0.717, 1.165) is 12.2 Å². The van der Waals surface area contributed by atoms with Crippen molar-refractivity contribution in [3.8, 4) is 0 Å². The molecule has 0 bridgehead atoms. The maximum atomic E-state index is 5.23. The average molecular weight is 127 g/mol. The summed E-state index contributed by atoms with van der Waals surface area (Å²) in [5, 5.41) is 6.49. The van der Waals surface area contributed by atoms with Crippen LogP contribution in [0.25, 0.3) is 0 Å². The summed E-state index contributed by atoms with van der Waals surface area (Å²) in [7, 11) is 0. The van der Waals surface area contributed by atoms with Gasteiger partial charge < -0.3 is 15.6 Å². The Bertz CT molecular complexity index is 149. The molecule has 0 aromatic carbocycles. The van der Waals surface area contributed by atoms with Crippen LogP contribution in [0.1, 0.15) is 0 Å². The van der Waals surface area contributed by atoms with E-state index in [1.807, 2.05) is 0 Å². The van der Waals surface area contributed by atoms with Crippen LogP contribution in [0.15, 0.2) is 17.0 Å². The third kappa shape index (κ3) is 1.73. The third-order valence-corrected chi connectivity index (χ3v) is 0.906. The Morgan fingerprint density at radius 2 is 2.67 bits per heavy atom. The smallest absolute Gasteiger partial charge is 0.146 e. The van der Waals surface area contributed by atoms with Gasteiger partial charge in [-0.25, -0.2) is 0 Å². The lowest BCUT2D eigenvalue weighted by Gasteiger charge is -1.95. The molecule has 4 nitrogen and oxygen atoms in total. The monoisotopic (exact) mass is 127 g/mol. The van der Waals surface area contributed by atoms with Gasteiger partial charge in [-0.2, -0.15) is 0 Å². The maximum absolute atomic E-state index is 5.23. The van der Waals surface area contributed by atoms with E-state index in [2.05, 4.69) is 15.0 Å². The maximum Gasteiger partial charge on any atom is 0.146 e. The predicted molar refractivity (Wildman–Crippen MR) is 34.0 cm³/mol. The quantitative estimate of drug-likeness (QED) is 0.602. The molecule has 4 heteroatoms. The first kappa shape index (κ1) is 6.10. The Kier molecular flexibility index (Phi) is 2.09. The molecule has 1 rings (SSSR count). The van der Waals surface area contributed by atoms with E-state index in [-0.39, 0.29) is 0 Å². The van der Waals surface area contributed by atoms with Crippen LogP contribution in [0.4, 0.5) is 5.69 Å². The molecule has 0 amide bonds. The lowest BCUT2D eigenvalue weighted by atomic mass is 10.5. The fourth-order valence-corrected chi connectivity index (χ4v) is 0.509. The van der Waals surface area contributed by atoms with Crippen molar-refractivity contribution >= 4 is 5.69 Å². The molecule has 0 spiro atoms. The fraction of sp³-hybridized carbons (Fsp3) is 0.400. The zero-order valence-corrected chi connectivity index (χ0v) is 5.00. The van der Waals surface area contributed by atoms with Crippen LogP contribution in [0.5, 0.6) is 0 Å². The van der Waals surface area contributed by atoms with Crippen molar-refractivity contribution in [2.24, 2.45) is 5.73 Å². The van der Waals surface area contributed by atoms with Gasteiger partial charge in [-0.1, -0.05) is 5.16 Å². The molecule has 1 heterocycles. The van der Waals surface area contributed by atoms with E-state index < -0.39 is 0 Å². The molecular formula is C5H9N3O. The molecule has 1 aromatic heterocycles. The Morgan fingerprint density at radius 1 is 1.78 bits per heavy atom. The average Bonchev–Trinajstić information content (AvgIpc) is 2.34. The zero-order chi connectivity index (χ0) is 6.53. The first-order valence-corrected chi connectivity index (χ1v) is 2.77. The summed E-state index contributed by atoms with van der Waals surface area (Å²) in [6.45, 7) is 1.37. The predicted octanol–water partition coefficient (Wildman–Crippen LogP) is 0.0452. The van der Waals surface area contributed by atoms with E-state index in [1.54, 1.807) is 6.20 Å². The third-order valence-electron chi connectivity index (χ3n) is 0.906. The second-order valence-corrected chi connectivity index (χ2v) is 1.63. The Hall–Kier alpha value is -1.03. The molecule has 0 radical (unpaired) electrons. The Morgan fingerprint density at radius 3 is 3.22 bits per heavy atom. The summed E-state index contributed by atoms with van der Waals surface area (Å²) < 4.78 is 4.56. The number of hydrogen-bond acceptors (Lipinski definition) is 4. The van der Waals surface area contributed by atoms with Gasteiger partial charge in [0.05, 0.1) is 11.9 Å². The molecule has 0 saturated heterocycles. The van der Waals surface area contributed by atoms with E-state index >= 15 is 0 Å². The summed E-state index contributed by atoms with van der Waals surface area (Å²) in [6.07, 6.45) is 3.14. The van der Waals surface area contributed by atoms with E-state index in [0.29, 0.717) is 6.54 Å². The van der Waals surface area contributed by atoms with Gasteiger partial charge in [0.2, 0.25) is 0 Å². The summed E-state index contributed by atoms with van der Waals surface area (Å²) >= 11 is 0. The number of nitrogens with zero attached hydrogens (tertiary/aromatic N) is 1. The summed E-state index contributed by atoms with van der Waals surface area (Å²) in [5.41, 5.74) is 6.11. The van der Waals surface area contributed by atoms with Crippen molar-refractivity contribution in [2.45, 2.75) is 0 Å². The van der Waals surface area contributed by atoms with Gasteiger partial charge in [-0.05, 0) is 0 Å². The second-order valence-electron chi connectivity index (χ2n) is 1.63. The zero-order valence-electron chi connectivity index (χ0n) is 5.00. The molecule has 50 valence electrons. The highest BCUT2D eigenvalue weighted by Gasteiger charge is 1.89. The summed E-state index contributed by atoms with van der Waals surface area (Å²) in [6, 6.07) is 0. The Labute approximate surface area is 53.0 Å². The molecule has 0 atom stereocenters. The van der Waals surface area contributed by atoms with E-state index in [1.165, 1.54) is 6.26 Å². The normalized spacial score (nSPS) is 9.44. The van der Waals surface area contributed by atoms with Crippen molar-refractivity contribution < 1.29 is 4.52 Å². The highest BCUT2D eigenvalue weighted by Crippen LogP contribution is 2.00. The molecule has 0 aliphatic heterocycles. The summed E-state index contributed by atoms with van der Waals surface area (Å²) in [4.78, 5) is 0. The van der Waals surface area contributed by atoms with Gasteiger partial charge in [-0.3, -0.25) is 0 Å². The van der Waals surface area contributed by atoms with Crippen molar-refractivity contribution in [3.05, 3.63) is 12.5 Å². The van der Waals surface area contributed by atoms with Crippen molar-refractivity contribution in [2.75, 3.05) is 18.4 Å². The van der Waals surface area contributed by atoms with Crippen LogP contribution < -0.4 is 11.1 Å². The molecule has 0 fully saturated rings. The van der Waals surface area contributed by atoms with Crippen LogP contribution in [0.2, 0.25) is 0 Å². The molecule has 9 heavy (non-hydrogen) atoms. The summed E-state index contributed by atoms with van der Waals surface area (Å²) in [5.74, 6) is 0. The molecule has 0 unspecified atom stereocenters. The molecule has 1 aromatic rings. The first-order valence-electron chi connectivity index (χ1n) is 2.77. The number of nitrogens with two attached hydrogens (primary N) is 1. The van der Waals surface area contributed by atoms with Gasteiger partial charge in [0.1, 0.15) is 6.26 Å². The largest absolute Gasteiger partial charge is 0.380 e. The van der Waals surface area contributed by atoms with Crippen LogP contribution in [0.3, 0.4) is 0 Å². The molecule has 0 aliphatic carbocycles. The van der Waals surface area contributed by atoms with Crippen LogP contribution in [-0.4, -0.2) is 18.2 Å². The van der Waals surface area contributed by atoms with Crippen LogP contribution >= 0.6 is 0 Å². The minimum Gasteiger partial charge on any atom is -0.380 e. The Balaban J connectivity index is 2.30. The number of anilines is 1. The molecular weight excluding hydrogens is 118 g/mol. The standard InChI is InChI=1S/C5H9N3O/c6-1-2-7-5-3-8-9-4-5/h3-4,7H,1-2,6H2. The van der Waals surface area contributed by atoms with Crippen molar-refractivity contribution in [3.63, 3.8) is 0 Å². The van der Waals surface area contributed by atoms with Crippen LogP contribution in [0, 0.1) is 0 Å². The van der Waals surface area contributed by atoms with Gasteiger partial charge in [-0.15, -0.1) is 0 Å². The molecule has 0 saturated carbocycles. The van der Waals surface area contributed by atoms with E-state index in [4.69, 9.17) is 5.73 Å². The molecule has 3 N–H and O–H groups in total. The van der Waals surface area contributed by atoms with Gasteiger partial charge in [0.25, 0.3) is 0 Å². The second kappa shape index (κ2) is 3.09. The molecule has 0 aliphatic rings. The SMILES string of the molecule is NCCNc1cnoc1. The number of hydrogen-bond donors (Lipinski definition) is 2. The first-order chi connectivity index (χ1) is 4.43. The van der Waals surface area contributed by atoms with Crippen molar-refractivity contribution in [1.82, 2.24) is 5.16 Å².